The molecule has 1 fully saturated rings. The summed E-state index contributed by atoms with van der Waals surface area (Å²) in [6, 6.07) is 6.71. The molecule has 80 valence electrons. The second kappa shape index (κ2) is 4.37. The van der Waals surface area contributed by atoms with Gasteiger partial charge < -0.3 is 10.1 Å². The fourth-order valence-electron chi connectivity index (χ4n) is 1.69. The number of hydrogen-bond donors (Lipinski definition) is 1. The summed E-state index contributed by atoms with van der Waals surface area (Å²) in [6.07, 6.45) is -0.208. The first-order valence-electron chi connectivity index (χ1n) is 4.84. The number of ether oxygens (including phenoxy) is 1. The van der Waals surface area contributed by atoms with Crippen molar-refractivity contribution in [3.63, 3.8) is 0 Å². The maximum Gasteiger partial charge on any atom is 0.275 e. The molecule has 0 aliphatic carbocycles. The molecule has 15 heavy (non-hydrogen) atoms. The Morgan fingerprint density at radius 1 is 1.47 bits per heavy atom. The van der Waals surface area contributed by atoms with Gasteiger partial charge in [-0.2, -0.15) is 0 Å². The van der Waals surface area contributed by atoms with E-state index in [-0.39, 0.29) is 16.7 Å². The molecular formula is C10H12N2O3. The zero-order chi connectivity index (χ0) is 10.7. The largest absolute Gasteiger partial charge is 0.371 e. The lowest BCUT2D eigenvalue weighted by Gasteiger charge is -2.23. The maximum atomic E-state index is 10.8. The molecule has 0 radical (unpaired) electrons. The average Bonchev–Trinajstić information content (AvgIpc) is 2.30. The second-order valence-corrected chi connectivity index (χ2v) is 3.38. The van der Waals surface area contributed by atoms with Crippen LogP contribution in [0.5, 0.6) is 0 Å². The van der Waals surface area contributed by atoms with Gasteiger partial charge in [0.25, 0.3) is 5.69 Å². The number of rotatable bonds is 2. The van der Waals surface area contributed by atoms with E-state index in [9.17, 15) is 10.1 Å². The number of nitro benzene ring substituents is 1. The van der Waals surface area contributed by atoms with Crippen molar-refractivity contribution in [2.24, 2.45) is 0 Å². The van der Waals surface area contributed by atoms with Crippen molar-refractivity contribution in [3.05, 3.63) is 39.9 Å². The Balaban J connectivity index is 2.29. The molecule has 0 bridgehead atoms. The lowest BCUT2D eigenvalue weighted by Crippen LogP contribution is -2.33. The molecule has 0 amide bonds. The molecule has 0 aromatic heterocycles. The van der Waals surface area contributed by atoms with E-state index >= 15 is 0 Å². The summed E-state index contributed by atoms with van der Waals surface area (Å²) in [7, 11) is 0. The van der Waals surface area contributed by atoms with Crippen LogP contribution in [0.4, 0.5) is 5.69 Å². The number of benzene rings is 1. The molecule has 1 aliphatic rings. The molecule has 2 rings (SSSR count). The lowest BCUT2D eigenvalue weighted by molar-refractivity contribution is -0.386. The van der Waals surface area contributed by atoms with Crippen molar-refractivity contribution in [1.29, 1.82) is 0 Å². The van der Waals surface area contributed by atoms with Crippen molar-refractivity contribution in [2.75, 3.05) is 19.7 Å². The predicted molar refractivity (Wildman–Crippen MR) is 54.7 cm³/mol. The molecule has 1 saturated heterocycles. The summed E-state index contributed by atoms with van der Waals surface area (Å²) in [5.41, 5.74) is 0.779. The van der Waals surface area contributed by atoms with Gasteiger partial charge in [-0.25, -0.2) is 0 Å². The number of para-hydroxylation sites is 1. The fourth-order valence-corrected chi connectivity index (χ4v) is 1.69. The standard InChI is InChI=1S/C10H12N2O3/c13-12(14)9-4-2-1-3-8(9)10-7-11-5-6-15-10/h1-4,10-11H,5-7H2. The van der Waals surface area contributed by atoms with Gasteiger partial charge in [0.2, 0.25) is 0 Å². The van der Waals surface area contributed by atoms with Crippen LogP contribution in [0.25, 0.3) is 0 Å². The summed E-state index contributed by atoms with van der Waals surface area (Å²) in [6.45, 7) is 2.03. The highest BCUT2D eigenvalue weighted by Gasteiger charge is 2.23. The molecule has 1 atom stereocenters. The van der Waals surface area contributed by atoms with Gasteiger partial charge in [0.1, 0.15) is 6.10 Å². The van der Waals surface area contributed by atoms with Gasteiger partial charge >= 0.3 is 0 Å². The Bertz CT molecular complexity index is 361. The predicted octanol–water partition coefficient (Wildman–Crippen LogP) is 1.26. The first-order valence-corrected chi connectivity index (χ1v) is 4.84. The Kier molecular flexibility index (Phi) is 2.94. The topological polar surface area (TPSA) is 64.4 Å². The zero-order valence-electron chi connectivity index (χ0n) is 8.18. The Morgan fingerprint density at radius 3 is 2.93 bits per heavy atom. The molecule has 1 aromatic rings. The van der Waals surface area contributed by atoms with Crippen molar-refractivity contribution in [2.45, 2.75) is 6.10 Å². The first kappa shape index (κ1) is 10.1. The van der Waals surface area contributed by atoms with Crippen LogP contribution in [-0.4, -0.2) is 24.6 Å². The normalized spacial score (nSPS) is 21.2. The van der Waals surface area contributed by atoms with E-state index in [0.717, 1.165) is 6.54 Å². The van der Waals surface area contributed by atoms with Crippen molar-refractivity contribution >= 4 is 5.69 Å². The van der Waals surface area contributed by atoms with E-state index < -0.39 is 0 Å². The molecule has 0 saturated carbocycles. The van der Waals surface area contributed by atoms with Crippen LogP contribution < -0.4 is 5.32 Å². The highest BCUT2D eigenvalue weighted by Crippen LogP contribution is 2.27. The second-order valence-electron chi connectivity index (χ2n) is 3.38. The van der Waals surface area contributed by atoms with E-state index in [1.807, 2.05) is 0 Å². The number of nitrogens with zero attached hydrogens (tertiary/aromatic N) is 1. The van der Waals surface area contributed by atoms with Crippen LogP contribution in [0, 0.1) is 10.1 Å². The van der Waals surface area contributed by atoms with E-state index in [0.29, 0.717) is 18.7 Å². The van der Waals surface area contributed by atoms with Crippen molar-refractivity contribution in [3.8, 4) is 0 Å². The molecule has 5 nitrogen and oxygen atoms in total. The van der Waals surface area contributed by atoms with Crippen LogP contribution in [0.3, 0.4) is 0 Å². The van der Waals surface area contributed by atoms with Crippen LogP contribution in [-0.2, 0) is 4.74 Å². The van der Waals surface area contributed by atoms with Gasteiger partial charge in [-0.1, -0.05) is 12.1 Å². The molecule has 1 unspecified atom stereocenters. The molecule has 5 heteroatoms. The first-order chi connectivity index (χ1) is 7.29. The third kappa shape index (κ3) is 2.14. The SMILES string of the molecule is O=[N+]([O-])c1ccccc1C1CNCCO1. The summed E-state index contributed by atoms with van der Waals surface area (Å²) in [5, 5.41) is 13.9. The molecule has 1 N–H and O–H groups in total. The lowest BCUT2D eigenvalue weighted by atomic mass is 10.1. The highest BCUT2D eigenvalue weighted by molar-refractivity contribution is 5.41. The number of morpholine rings is 1. The summed E-state index contributed by atoms with van der Waals surface area (Å²) in [5.74, 6) is 0. The summed E-state index contributed by atoms with van der Waals surface area (Å²) < 4.78 is 5.49. The third-order valence-electron chi connectivity index (χ3n) is 2.41. The highest BCUT2D eigenvalue weighted by atomic mass is 16.6. The zero-order valence-corrected chi connectivity index (χ0v) is 8.18. The molecule has 0 spiro atoms. The number of nitro groups is 1. The molecule has 1 heterocycles. The van der Waals surface area contributed by atoms with E-state index in [4.69, 9.17) is 4.74 Å². The molecule has 1 aromatic carbocycles. The monoisotopic (exact) mass is 208 g/mol. The van der Waals surface area contributed by atoms with E-state index in [1.54, 1.807) is 18.2 Å². The fraction of sp³-hybridized carbons (Fsp3) is 0.400. The summed E-state index contributed by atoms with van der Waals surface area (Å²) >= 11 is 0. The van der Waals surface area contributed by atoms with Gasteiger partial charge in [0.15, 0.2) is 0 Å². The maximum absolute atomic E-state index is 10.8. The Hall–Kier alpha value is -1.46. The smallest absolute Gasteiger partial charge is 0.275 e. The minimum atomic E-state index is -0.368. The van der Waals surface area contributed by atoms with Crippen LogP contribution in [0.15, 0.2) is 24.3 Å². The minimum Gasteiger partial charge on any atom is -0.371 e. The van der Waals surface area contributed by atoms with Gasteiger partial charge in [0, 0.05) is 19.2 Å². The van der Waals surface area contributed by atoms with Gasteiger partial charge in [-0.3, -0.25) is 10.1 Å². The van der Waals surface area contributed by atoms with E-state index in [1.165, 1.54) is 6.07 Å². The Labute approximate surface area is 87.2 Å². The quantitative estimate of drug-likeness (QED) is 0.587. The van der Waals surface area contributed by atoms with Crippen LogP contribution >= 0.6 is 0 Å². The number of nitrogens with one attached hydrogen (secondary N) is 1. The minimum absolute atomic E-state index is 0.131. The van der Waals surface area contributed by atoms with Crippen molar-refractivity contribution < 1.29 is 9.66 Å². The Morgan fingerprint density at radius 2 is 2.27 bits per heavy atom. The van der Waals surface area contributed by atoms with Gasteiger partial charge in [-0.15, -0.1) is 0 Å². The van der Waals surface area contributed by atoms with Crippen molar-refractivity contribution in [1.82, 2.24) is 5.32 Å². The molecular weight excluding hydrogens is 196 g/mol. The van der Waals surface area contributed by atoms with Gasteiger partial charge in [0.05, 0.1) is 17.1 Å². The average molecular weight is 208 g/mol. The number of hydrogen-bond acceptors (Lipinski definition) is 4. The van der Waals surface area contributed by atoms with Gasteiger partial charge in [-0.05, 0) is 6.07 Å². The molecule has 1 aliphatic heterocycles. The van der Waals surface area contributed by atoms with E-state index in [2.05, 4.69) is 5.32 Å². The van der Waals surface area contributed by atoms with Crippen LogP contribution in [0.2, 0.25) is 0 Å². The van der Waals surface area contributed by atoms with Crippen LogP contribution in [0.1, 0.15) is 11.7 Å². The summed E-state index contributed by atoms with van der Waals surface area (Å²) in [4.78, 5) is 10.4. The third-order valence-corrected chi connectivity index (χ3v) is 2.41.